The Labute approximate surface area is 129 Å². The molecule has 1 aliphatic heterocycles. The van der Waals surface area contributed by atoms with Crippen LogP contribution < -0.4 is 0 Å². The Hall–Kier alpha value is -1.39. The predicted molar refractivity (Wildman–Crippen MR) is 80.6 cm³/mol. The molecule has 0 N–H and O–H groups in total. The van der Waals surface area contributed by atoms with Gasteiger partial charge in [-0.15, -0.1) is 11.6 Å². The van der Waals surface area contributed by atoms with E-state index in [-0.39, 0.29) is 5.41 Å². The molecule has 2 heterocycles. The fraction of sp³-hybridized carbons (Fsp3) is 0.500. The molecule has 0 spiro atoms. The lowest BCUT2D eigenvalue weighted by atomic mass is 9.73. The highest BCUT2D eigenvalue weighted by atomic mass is 35.5. The van der Waals surface area contributed by atoms with E-state index in [1.807, 2.05) is 6.07 Å². The lowest BCUT2D eigenvalue weighted by Gasteiger charge is -2.34. The number of hydrogen-bond donors (Lipinski definition) is 0. The average Bonchev–Trinajstić information content (AvgIpc) is 3.04. The summed E-state index contributed by atoms with van der Waals surface area (Å²) in [4.78, 5) is 4.63. The third-order valence-corrected chi connectivity index (χ3v) is 4.36. The molecule has 3 rings (SSSR count). The quantitative estimate of drug-likeness (QED) is 0.795. The predicted octanol–water partition coefficient (Wildman–Crippen LogP) is 3.34. The minimum absolute atomic E-state index is 0.192. The molecule has 2 aromatic rings. The van der Waals surface area contributed by atoms with Gasteiger partial charge in [0.2, 0.25) is 5.89 Å². The monoisotopic (exact) mass is 306 g/mol. The maximum atomic E-state index is 5.72. The van der Waals surface area contributed by atoms with Crippen molar-refractivity contribution in [1.29, 1.82) is 0 Å². The van der Waals surface area contributed by atoms with Crippen molar-refractivity contribution < 1.29 is 9.26 Å². The molecule has 5 heteroatoms. The van der Waals surface area contributed by atoms with Crippen molar-refractivity contribution in [2.45, 2.75) is 31.1 Å². The summed E-state index contributed by atoms with van der Waals surface area (Å²) in [6, 6.07) is 10.4. The number of halogens is 1. The second kappa shape index (κ2) is 6.58. The number of benzene rings is 1. The molecular weight excluding hydrogens is 288 g/mol. The number of nitrogens with zero attached hydrogens (tertiary/aromatic N) is 2. The maximum Gasteiger partial charge on any atom is 0.226 e. The fourth-order valence-electron chi connectivity index (χ4n) is 2.89. The highest BCUT2D eigenvalue weighted by molar-refractivity contribution is 6.17. The normalized spacial score (nSPS) is 17.8. The average molecular weight is 307 g/mol. The molecule has 4 nitrogen and oxygen atoms in total. The molecule has 1 fully saturated rings. The molecule has 0 radical (unpaired) electrons. The first kappa shape index (κ1) is 14.5. The third kappa shape index (κ3) is 2.97. The van der Waals surface area contributed by atoms with Crippen LogP contribution in [-0.2, 0) is 16.6 Å². The van der Waals surface area contributed by atoms with Crippen LogP contribution in [0.1, 0.15) is 36.5 Å². The van der Waals surface area contributed by atoms with Crippen molar-refractivity contribution in [3.8, 4) is 0 Å². The summed E-state index contributed by atoms with van der Waals surface area (Å²) in [5.41, 5.74) is 1.04. The van der Waals surface area contributed by atoms with E-state index in [0.29, 0.717) is 11.8 Å². The van der Waals surface area contributed by atoms with Crippen LogP contribution in [0, 0.1) is 0 Å². The molecule has 0 atom stereocenters. The van der Waals surface area contributed by atoms with E-state index >= 15 is 0 Å². The summed E-state index contributed by atoms with van der Waals surface area (Å²) in [5.74, 6) is 2.06. The van der Waals surface area contributed by atoms with E-state index < -0.39 is 0 Å². The Bertz CT molecular complexity index is 565. The van der Waals surface area contributed by atoms with Gasteiger partial charge in [-0.2, -0.15) is 4.98 Å². The van der Waals surface area contributed by atoms with Gasteiger partial charge in [0.15, 0.2) is 5.82 Å². The summed E-state index contributed by atoms with van der Waals surface area (Å²) in [5, 5.41) is 4.26. The molecule has 1 aromatic heterocycles. The Kier molecular flexibility index (Phi) is 4.56. The van der Waals surface area contributed by atoms with Crippen molar-refractivity contribution in [3.63, 3.8) is 0 Å². The summed E-state index contributed by atoms with van der Waals surface area (Å²) in [6.45, 7) is 1.45. The molecule has 1 saturated heterocycles. The highest BCUT2D eigenvalue weighted by Crippen LogP contribution is 2.39. The first-order valence-corrected chi connectivity index (χ1v) is 7.91. The van der Waals surface area contributed by atoms with Gasteiger partial charge in [-0.3, -0.25) is 0 Å². The van der Waals surface area contributed by atoms with Gasteiger partial charge in [-0.1, -0.05) is 35.5 Å². The molecule has 0 saturated carbocycles. The van der Waals surface area contributed by atoms with E-state index in [2.05, 4.69) is 34.4 Å². The highest BCUT2D eigenvalue weighted by Gasteiger charge is 2.40. The van der Waals surface area contributed by atoms with Gasteiger partial charge in [0.25, 0.3) is 0 Å². The molecule has 1 aromatic carbocycles. The van der Waals surface area contributed by atoms with Gasteiger partial charge in [0.1, 0.15) is 0 Å². The van der Waals surface area contributed by atoms with E-state index in [9.17, 15) is 0 Å². The number of aromatic nitrogens is 2. The zero-order chi connectivity index (χ0) is 14.5. The number of aryl methyl sites for hydroxylation is 1. The Morgan fingerprint density at radius 1 is 1.14 bits per heavy atom. The van der Waals surface area contributed by atoms with Crippen LogP contribution in [-0.4, -0.2) is 29.2 Å². The van der Waals surface area contributed by atoms with Crippen LogP contribution in [0.25, 0.3) is 0 Å². The maximum absolute atomic E-state index is 5.72. The molecule has 21 heavy (non-hydrogen) atoms. The number of ether oxygens (including phenoxy) is 1. The molecular formula is C16H19ClN2O2. The van der Waals surface area contributed by atoms with Gasteiger partial charge >= 0.3 is 0 Å². The first-order chi connectivity index (χ1) is 10.3. The van der Waals surface area contributed by atoms with E-state index in [4.69, 9.17) is 20.9 Å². The largest absolute Gasteiger partial charge is 0.381 e. The summed E-state index contributed by atoms with van der Waals surface area (Å²) in [6.07, 6.45) is 3.35. The van der Waals surface area contributed by atoms with E-state index in [0.717, 1.165) is 44.7 Å². The Morgan fingerprint density at radius 2 is 1.90 bits per heavy atom. The molecule has 1 aliphatic rings. The van der Waals surface area contributed by atoms with Crippen molar-refractivity contribution in [3.05, 3.63) is 47.6 Å². The third-order valence-electron chi connectivity index (χ3n) is 4.09. The van der Waals surface area contributed by atoms with Crippen LogP contribution in [0.3, 0.4) is 0 Å². The van der Waals surface area contributed by atoms with Gasteiger partial charge in [0, 0.05) is 25.5 Å². The second-order valence-electron chi connectivity index (χ2n) is 5.36. The van der Waals surface area contributed by atoms with E-state index in [1.165, 1.54) is 5.56 Å². The molecule has 112 valence electrons. The first-order valence-electron chi connectivity index (χ1n) is 7.37. The zero-order valence-electron chi connectivity index (χ0n) is 11.9. The van der Waals surface area contributed by atoms with Crippen LogP contribution in [0.15, 0.2) is 34.9 Å². The van der Waals surface area contributed by atoms with Gasteiger partial charge in [0.05, 0.1) is 5.41 Å². The van der Waals surface area contributed by atoms with Crippen molar-refractivity contribution in [2.75, 3.05) is 19.1 Å². The molecule has 0 bridgehead atoms. The standard InChI is InChI=1S/C16H19ClN2O2/c17-10-4-7-14-18-15(19-21-14)16(8-11-20-12-9-16)13-5-2-1-3-6-13/h1-3,5-6H,4,7-12H2. The Morgan fingerprint density at radius 3 is 2.62 bits per heavy atom. The lowest BCUT2D eigenvalue weighted by molar-refractivity contribution is 0.0597. The second-order valence-corrected chi connectivity index (χ2v) is 5.74. The number of rotatable bonds is 5. The van der Waals surface area contributed by atoms with Crippen LogP contribution >= 0.6 is 11.6 Å². The van der Waals surface area contributed by atoms with Gasteiger partial charge < -0.3 is 9.26 Å². The summed E-state index contributed by atoms with van der Waals surface area (Å²) in [7, 11) is 0. The number of hydrogen-bond acceptors (Lipinski definition) is 4. The van der Waals surface area contributed by atoms with Gasteiger partial charge in [-0.05, 0) is 24.8 Å². The Balaban J connectivity index is 1.94. The summed E-state index contributed by atoms with van der Waals surface area (Å²) >= 11 is 5.72. The molecule has 0 amide bonds. The lowest BCUT2D eigenvalue weighted by Crippen LogP contribution is -2.36. The zero-order valence-corrected chi connectivity index (χ0v) is 12.7. The summed E-state index contributed by atoms with van der Waals surface area (Å²) < 4.78 is 10.9. The SMILES string of the molecule is ClCCCc1nc(C2(c3ccccc3)CCOCC2)no1. The smallest absolute Gasteiger partial charge is 0.226 e. The van der Waals surface area contributed by atoms with Gasteiger partial charge in [-0.25, -0.2) is 0 Å². The number of alkyl halides is 1. The minimum Gasteiger partial charge on any atom is -0.381 e. The molecule has 0 unspecified atom stereocenters. The topological polar surface area (TPSA) is 48.2 Å². The van der Waals surface area contributed by atoms with Crippen LogP contribution in [0.4, 0.5) is 0 Å². The van der Waals surface area contributed by atoms with Crippen LogP contribution in [0.2, 0.25) is 0 Å². The molecule has 0 aliphatic carbocycles. The minimum atomic E-state index is -0.192. The fourth-order valence-corrected chi connectivity index (χ4v) is 3.02. The van der Waals surface area contributed by atoms with Crippen molar-refractivity contribution in [2.24, 2.45) is 0 Å². The van der Waals surface area contributed by atoms with Crippen molar-refractivity contribution >= 4 is 11.6 Å². The van der Waals surface area contributed by atoms with Crippen LogP contribution in [0.5, 0.6) is 0 Å². The van der Waals surface area contributed by atoms with E-state index in [1.54, 1.807) is 0 Å². The van der Waals surface area contributed by atoms with Crippen molar-refractivity contribution in [1.82, 2.24) is 10.1 Å².